The molecule has 4 heterocycles. The van der Waals surface area contributed by atoms with Crippen LogP contribution in [0.2, 0.25) is 0 Å². The molecule has 2 aliphatic rings. The molecule has 12 heteroatoms. The van der Waals surface area contributed by atoms with E-state index < -0.39 is 10.0 Å². The van der Waals surface area contributed by atoms with Crippen molar-refractivity contribution in [3.05, 3.63) is 46.2 Å². The summed E-state index contributed by atoms with van der Waals surface area (Å²) in [5.41, 5.74) is 4.22. The molecule has 0 radical (unpaired) electrons. The number of thiazole rings is 1. The number of anilines is 5. The number of nitrogens with one attached hydrogen (secondary N) is 1. The molecule has 184 valence electrons. The zero-order chi connectivity index (χ0) is 24.9. The number of fused-ring (bicyclic) bond motifs is 2. The van der Waals surface area contributed by atoms with E-state index in [4.69, 9.17) is 4.98 Å². The Kier molecular flexibility index (Phi) is 5.98. The van der Waals surface area contributed by atoms with Crippen molar-refractivity contribution >= 4 is 55.3 Å². The van der Waals surface area contributed by atoms with Gasteiger partial charge in [-0.3, -0.25) is 4.79 Å². The van der Waals surface area contributed by atoms with Gasteiger partial charge in [0.1, 0.15) is 16.5 Å². The zero-order valence-corrected chi connectivity index (χ0v) is 21.7. The fourth-order valence-corrected chi connectivity index (χ4v) is 6.16. The summed E-state index contributed by atoms with van der Waals surface area (Å²) in [6, 6.07) is 6.09. The van der Waals surface area contributed by atoms with Crippen LogP contribution in [0.25, 0.3) is 0 Å². The second-order valence-electron chi connectivity index (χ2n) is 8.86. The minimum absolute atomic E-state index is 0.0249. The lowest BCUT2D eigenvalue weighted by molar-refractivity contribution is 0.0990. The number of ketones is 1. The summed E-state index contributed by atoms with van der Waals surface area (Å²) >= 11 is 1.48. The Morgan fingerprint density at radius 2 is 1.83 bits per heavy atom. The van der Waals surface area contributed by atoms with Crippen molar-refractivity contribution in [1.29, 1.82) is 0 Å². The number of hydrogen-bond acceptors (Lipinski definition) is 10. The number of benzene rings is 1. The van der Waals surface area contributed by atoms with Gasteiger partial charge in [0.15, 0.2) is 5.78 Å². The van der Waals surface area contributed by atoms with Gasteiger partial charge in [0, 0.05) is 62.8 Å². The van der Waals surface area contributed by atoms with Crippen LogP contribution < -0.4 is 15.1 Å². The minimum Gasteiger partial charge on any atom is -0.369 e. The molecule has 0 bridgehead atoms. The number of aryl methyl sites for hydroxylation is 2. The molecule has 3 aromatic rings. The molecule has 2 aromatic heterocycles. The van der Waals surface area contributed by atoms with E-state index in [0.717, 1.165) is 32.5 Å². The number of aromatic nitrogens is 3. The fourth-order valence-electron chi connectivity index (χ4n) is 4.43. The highest BCUT2D eigenvalue weighted by Crippen LogP contribution is 2.38. The summed E-state index contributed by atoms with van der Waals surface area (Å²) in [6.45, 7) is 6.18. The van der Waals surface area contributed by atoms with Gasteiger partial charge in [-0.1, -0.05) is 0 Å². The third kappa shape index (κ3) is 4.60. The molecule has 10 nitrogen and oxygen atoms in total. The molecular weight excluding hydrogens is 486 g/mol. The topological polar surface area (TPSA) is 112 Å². The highest BCUT2D eigenvalue weighted by atomic mass is 32.2. The van der Waals surface area contributed by atoms with E-state index in [1.54, 1.807) is 6.20 Å². The van der Waals surface area contributed by atoms with Gasteiger partial charge in [-0.25, -0.2) is 18.4 Å². The van der Waals surface area contributed by atoms with Gasteiger partial charge in [0.2, 0.25) is 16.0 Å². The molecule has 0 unspecified atom stereocenters. The minimum atomic E-state index is -3.15. The molecule has 1 N–H and O–H groups in total. The van der Waals surface area contributed by atoms with Crippen LogP contribution >= 0.6 is 11.3 Å². The van der Waals surface area contributed by atoms with E-state index in [1.165, 1.54) is 21.9 Å². The molecule has 0 aliphatic carbocycles. The number of rotatable bonds is 4. The van der Waals surface area contributed by atoms with Gasteiger partial charge < -0.3 is 15.1 Å². The Hall–Kier alpha value is -3.09. The maximum Gasteiger partial charge on any atom is 0.229 e. The normalized spacial score (nSPS) is 16.6. The predicted octanol–water partition coefficient (Wildman–Crippen LogP) is 2.88. The molecule has 1 saturated heterocycles. The molecule has 5 rings (SSSR count). The Labute approximate surface area is 208 Å². The highest BCUT2D eigenvalue weighted by Gasteiger charge is 2.29. The van der Waals surface area contributed by atoms with Crippen LogP contribution in [0.4, 0.5) is 28.1 Å². The third-order valence-electron chi connectivity index (χ3n) is 6.32. The lowest BCUT2D eigenvalue weighted by Gasteiger charge is -2.35. The third-order valence-corrected chi connectivity index (χ3v) is 8.68. The molecule has 0 spiro atoms. The average Bonchev–Trinajstić information content (AvgIpc) is 3.18. The molecule has 35 heavy (non-hydrogen) atoms. The second-order valence-corrected chi connectivity index (χ2v) is 12.0. The summed E-state index contributed by atoms with van der Waals surface area (Å²) < 4.78 is 25.1. The van der Waals surface area contributed by atoms with Gasteiger partial charge in [0.05, 0.1) is 11.3 Å². The van der Waals surface area contributed by atoms with Crippen molar-refractivity contribution in [2.45, 2.75) is 20.3 Å². The second kappa shape index (κ2) is 8.85. The van der Waals surface area contributed by atoms with Crippen LogP contribution in [0.3, 0.4) is 0 Å². The van der Waals surface area contributed by atoms with Crippen LogP contribution in [-0.2, 0) is 16.4 Å². The molecule has 0 amide bonds. The van der Waals surface area contributed by atoms with Crippen molar-refractivity contribution in [3.8, 4) is 0 Å². The lowest BCUT2D eigenvalue weighted by Crippen LogP contribution is -2.48. The van der Waals surface area contributed by atoms with E-state index in [2.05, 4.69) is 26.3 Å². The number of Topliss-reactive ketones (excluding diaryl/α,β-unsaturated/α-hetero) is 1. The summed E-state index contributed by atoms with van der Waals surface area (Å²) in [4.78, 5) is 30.4. The van der Waals surface area contributed by atoms with E-state index in [9.17, 15) is 13.2 Å². The van der Waals surface area contributed by atoms with Crippen LogP contribution in [0, 0.1) is 13.8 Å². The average molecular weight is 514 g/mol. The van der Waals surface area contributed by atoms with Gasteiger partial charge in [-0.05, 0) is 37.6 Å². The molecule has 1 fully saturated rings. The number of sulfonamides is 1. The summed E-state index contributed by atoms with van der Waals surface area (Å²) in [5.74, 6) is 1.12. The monoisotopic (exact) mass is 513 g/mol. The van der Waals surface area contributed by atoms with Crippen molar-refractivity contribution < 1.29 is 13.2 Å². The van der Waals surface area contributed by atoms with Crippen molar-refractivity contribution in [2.75, 3.05) is 54.6 Å². The smallest absolute Gasteiger partial charge is 0.229 e. The predicted molar refractivity (Wildman–Crippen MR) is 138 cm³/mol. The fraction of sp³-hybridized carbons (Fsp3) is 0.391. The number of piperazine rings is 1. The standard InChI is InChI=1S/C23H27N7O3S2/c1-14-11-17(29-7-9-30(10-8-29)35(4,32)33)5-6-18(14)26-23-24-13-16-12-19(31)20-22(34-15(2)25-20)28(3)21(16)27-23/h5-6,11,13H,7-10,12H2,1-4H3,(H,24,26,27). The summed E-state index contributed by atoms with van der Waals surface area (Å²) in [7, 11) is -1.26. The van der Waals surface area contributed by atoms with Crippen molar-refractivity contribution in [2.24, 2.45) is 0 Å². The van der Waals surface area contributed by atoms with E-state index in [1.807, 2.05) is 37.9 Å². The SMILES string of the molecule is Cc1nc2c(s1)N(C)c1nc(Nc3ccc(N4CCN(S(C)(=O)=O)CC4)cc3C)ncc1CC2=O. The summed E-state index contributed by atoms with van der Waals surface area (Å²) in [6.07, 6.45) is 3.18. The molecule has 0 atom stereocenters. The largest absolute Gasteiger partial charge is 0.369 e. The van der Waals surface area contributed by atoms with E-state index in [-0.39, 0.29) is 12.2 Å². The first-order valence-corrected chi connectivity index (χ1v) is 13.9. The maximum atomic E-state index is 12.7. The first kappa shape index (κ1) is 23.6. The van der Waals surface area contributed by atoms with Gasteiger partial charge in [0.25, 0.3) is 0 Å². The van der Waals surface area contributed by atoms with Crippen LogP contribution in [0.15, 0.2) is 24.4 Å². The van der Waals surface area contributed by atoms with Gasteiger partial charge >= 0.3 is 0 Å². The molecule has 0 saturated carbocycles. The Balaban J connectivity index is 1.35. The van der Waals surface area contributed by atoms with E-state index in [0.29, 0.717) is 43.6 Å². The maximum absolute atomic E-state index is 12.7. The number of carbonyl (C=O) groups excluding carboxylic acids is 1. The number of nitrogens with zero attached hydrogens (tertiary/aromatic N) is 6. The van der Waals surface area contributed by atoms with Gasteiger partial charge in [-0.15, -0.1) is 11.3 Å². The van der Waals surface area contributed by atoms with Crippen LogP contribution in [0.5, 0.6) is 0 Å². The number of hydrogen-bond donors (Lipinski definition) is 1. The quantitative estimate of drug-likeness (QED) is 0.563. The molecule has 1 aromatic carbocycles. The first-order valence-electron chi connectivity index (χ1n) is 11.3. The Morgan fingerprint density at radius 1 is 1.09 bits per heavy atom. The first-order chi connectivity index (χ1) is 16.6. The Bertz CT molecular complexity index is 1410. The van der Waals surface area contributed by atoms with Crippen molar-refractivity contribution in [1.82, 2.24) is 19.3 Å². The van der Waals surface area contributed by atoms with Crippen molar-refractivity contribution in [3.63, 3.8) is 0 Å². The van der Waals surface area contributed by atoms with E-state index >= 15 is 0 Å². The lowest BCUT2D eigenvalue weighted by atomic mass is 10.1. The van der Waals surface area contributed by atoms with Gasteiger partial charge in [-0.2, -0.15) is 9.29 Å². The zero-order valence-electron chi connectivity index (χ0n) is 20.1. The number of carbonyl (C=O) groups is 1. The Morgan fingerprint density at radius 3 is 2.51 bits per heavy atom. The summed E-state index contributed by atoms with van der Waals surface area (Å²) in [5, 5.41) is 4.95. The molecular formula is C23H27N7O3S2. The highest BCUT2D eigenvalue weighted by molar-refractivity contribution is 7.88. The molecule has 2 aliphatic heterocycles. The van der Waals surface area contributed by atoms with Crippen LogP contribution in [0.1, 0.15) is 26.6 Å². The van der Waals surface area contributed by atoms with Crippen LogP contribution in [-0.4, -0.2) is 72.9 Å².